The predicted octanol–water partition coefficient (Wildman–Crippen LogP) is 3.24. The molecule has 1 heterocycles. The molecule has 0 unspecified atom stereocenters. The van der Waals surface area contributed by atoms with Crippen molar-refractivity contribution in [2.45, 2.75) is 12.7 Å². The highest BCUT2D eigenvalue weighted by Gasteiger charge is 2.32. The molecular formula is C16H12F3N3O. The van der Waals surface area contributed by atoms with Gasteiger partial charge in [-0.25, -0.2) is 0 Å². The number of rotatable bonds is 3. The Labute approximate surface area is 130 Å². The zero-order chi connectivity index (χ0) is 17.0. The summed E-state index contributed by atoms with van der Waals surface area (Å²) in [4.78, 5) is 16.8. The molecule has 0 radical (unpaired) electrons. The standard InChI is InChI=1S/C16H12F3N3O/c1-22(10-12-4-2-11(8-20)3-5-12)15(23)13-6-7-14(21-9-13)16(17,18)19/h2-7,9H,10H2,1H3. The summed E-state index contributed by atoms with van der Waals surface area (Å²) in [6.45, 7) is 0.269. The Morgan fingerprint density at radius 2 is 1.87 bits per heavy atom. The van der Waals surface area contributed by atoms with Crippen LogP contribution in [0.2, 0.25) is 0 Å². The van der Waals surface area contributed by atoms with E-state index in [1.165, 1.54) is 11.9 Å². The van der Waals surface area contributed by atoms with Crippen molar-refractivity contribution in [1.82, 2.24) is 9.88 Å². The molecule has 0 fully saturated rings. The number of halogens is 3. The number of aromatic nitrogens is 1. The van der Waals surface area contributed by atoms with Crippen LogP contribution in [0, 0.1) is 11.3 Å². The first kappa shape index (κ1) is 16.5. The number of pyridine rings is 1. The first-order valence-corrected chi connectivity index (χ1v) is 6.59. The number of alkyl halides is 3. The molecule has 2 aromatic rings. The van der Waals surface area contributed by atoms with Crippen LogP contribution in [0.5, 0.6) is 0 Å². The van der Waals surface area contributed by atoms with E-state index in [1.54, 1.807) is 24.3 Å². The molecule has 0 bridgehead atoms. The average Bonchev–Trinajstić information content (AvgIpc) is 2.54. The minimum absolute atomic E-state index is 0.0779. The van der Waals surface area contributed by atoms with Gasteiger partial charge in [0, 0.05) is 19.8 Å². The Morgan fingerprint density at radius 3 is 2.35 bits per heavy atom. The smallest absolute Gasteiger partial charge is 0.337 e. The van der Waals surface area contributed by atoms with E-state index in [2.05, 4.69) is 4.98 Å². The third-order valence-corrected chi connectivity index (χ3v) is 3.15. The zero-order valence-electron chi connectivity index (χ0n) is 12.1. The second kappa shape index (κ2) is 6.48. The van der Waals surface area contributed by atoms with Gasteiger partial charge in [-0.3, -0.25) is 9.78 Å². The zero-order valence-corrected chi connectivity index (χ0v) is 12.1. The fourth-order valence-electron chi connectivity index (χ4n) is 1.94. The predicted molar refractivity (Wildman–Crippen MR) is 76.2 cm³/mol. The highest BCUT2D eigenvalue weighted by Crippen LogP contribution is 2.27. The van der Waals surface area contributed by atoms with E-state index >= 15 is 0 Å². The van der Waals surface area contributed by atoms with Crippen LogP contribution in [0.4, 0.5) is 13.2 Å². The highest BCUT2D eigenvalue weighted by atomic mass is 19.4. The fraction of sp³-hybridized carbons (Fsp3) is 0.188. The summed E-state index contributed by atoms with van der Waals surface area (Å²) in [5.74, 6) is -0.435. The van der Waals surface area contributed by atoms with Crippen LogP contribution in [0.25, 0.3) is 0 Å². The number of nitriles is 1. The van der Waals surface area contributed by atoms with Gasteiger partial charge < -0.3 is 4.90 Å². The molecule has 1 aromatic carbocycles. The summed E-state index contributed by atoms with van der Waals surface area (Å²) >= 11 is 0. The largest absolute Gasteiger partial charge is 0.433 e. The summed E-state index contributed by atoms with van der Waals surface area (Å²) in [5.41, 5.74) is 0.354. The van der Waals surface area contributed by atoms with Gasteiger partial charge in [0.15, 0.2) is 0 Å². The molecule has 0 N–H and O–H groups in total. The van der Waals surface area contributed by atoms with Crippen molar-refractivity contribution in [2.75, 3.05) is 7.05 Å². The molecule has 118 valence electrons. The summed E-state index contributed by atoms with van der Waals surface area (Å²) in [6, 6.07) is 10.6. The number of hydrogen-bond acceptors (Lipinski definition) is 3. The van der Waals surface area contributed by atoms with E-state index in [0.29, 0.717) is 5.56 Å². The molecule has 4 nitrogen and oxygen atoms in total. The van der Waals surface area contributed by atoms with E-state index in [-0.39, 0.29) is 12.1 Å². The van der Waals surface area contributed by atoms with E-state index in [0.717, 1.165) is 23.9 Å². The third-order valence-electron chi connectivity index (χ3n) is 3.15. The molecule has 0 aliphatic heterocycles. The molecule has 23 heavy (non-hydrogen) atoms. The van der Waals surface area contributed by atoms with Crippen molar-refractivity contribution < 1.29 is 18.0 Å². The van der Waals surface area contributed by atoms with Crippen LogP contribution in [0.15, 0.2) is 42.6 Å². The van der Waals surface area contributed by atoms with Crippen molar-refractivity contribution in [3.05, 3.63) is 65.0 Å². The van der Waals surface area contributed by atoms with Gasteiger partial charge in [0.2, 0.25) is 0 Å². The lowest BCUT2D eigenvalue weighted by molar-refractivity contribution is -0.141. The summed E-state index contributed by atoms with van der Waals surface area (Å²) in [5, 5.41) is 8.73. The van der Waals surface area contributed by atoms with Crippen molar-refractivity contribution in [3.8, 4) is 6.07 Å². The summed E-state index contributed by atoms with van der Waals surface area (Å²) in [7, 11) is 1.54. The van der Waals surface area contributed by atoms with Crippen LogP contribution in [0.1, 0.15) is 27.2 Å². The number of amides is 1. The van der Waals surface area contributed by atoms with Crippen molar-refractivity contribution in [2.24, 2.45) is 0 Å². The van der Waals surface area contributed by atoms with Gasteiger partial charge in [-0.1, -0.05) is 12.1 Å². The Hall–Kier alpha value is -2.88. The lowest BCUT2D eigenvalue weighted by Crippen LogP contribution is -2.26. The normalized spacial score (nSPS) is 10.9. The van der Waals surface area contributed by atoms with Crippen LogP contribution in [-0.2, 0) is 12.7 Å². The van der Waals surface area contributed by atoms with Gasteiger partial charge in [-0.15, -0.1) is 0 Å². The molecule has 0 aliphatic rings. The number of carbonyl (C=O) groups excluding carboxylic acids is 1. The van der Waals surface area contributed by atoms with Crippen molar-refractivity contribution >= 4 is 5.91 Å². The molecule has 0 spiro atoms. The molecule has 2 rings (SSSR count). The maximum Gasteiger partial charge on any atom is 0.433 e. The third kappa shape index (κ3) is 4.07. The number of carbonyl (C=O) groups is 1. The van der Waals surface area contributed by atoms with E-state index in [9.17, 15) is 18.0 Å². The van der Waals surface area contributed by atoms with Gasteiger partial charge in [0.05, 0.1) is 17.2 Å². The molecule has 0 atom stereocenters. The minimum atomic E-state index is -4.53. The summed E-state index contributed by atoms with van der Waals surface area (Å²) in [6.07, 6.45) is -3.61. The maximum absolute atomic E-state index is 12.4. The number of benzene rings is 1. The van der Waals surface area contributed by atoms with Crippen LogP contribution < -0.4 is 0 Å². The highest BCUT2D eigenvalue weighted by molar-refractivity contribution is 5.93. The van der Waals surface area contributed by atoms with Crippen LogP contribution in [-0.4, -0.2) is 22.8 Å². The Morgan fingerprint density at radius 1 is 1.22 bits per heavy atom. The van der Waals surface area contributed by atoms with Gasteiger partial charge in [0.1, 0.15) is 5.69 Å². The maximum atomic E-state index is 12.4. The van der Waals surface area contributed by atoms with Gasteiger partial charge in [-0.2, -0.15) is 18.4 Å². The lowest BCUT2D eigenvalue weighted by atomic mass is 10.1. The Balaban J connectivity index is 2.08. The molecule has 0 saturated carbocycles. The van der Waals surface area contributed by atoms with E-state index < -0.39 is 17.8 Å². The SMILES string of the molecule is CN(Cc1ccc(C#N)cc1)C(=O)c1ccc(C(F)(F)F)nc1. The summed E-state index contributed by atoms with van der Waals surface area (Å²) < 4.78 is 37.3. The molecular weight excluding hydrogens is 307 g/mol. The fourth-order valence-corrected chi connectivity index (χ4v) is 1.94. The average molecular weight is 319 g/mol. The van der Waals surface area contributed by atoms with Gasteiger partial charge >= 0.3 is 6.18 Å². The molecule has 7 heteroatoms. The number of nitrogens with zero attached hydrogens (tertiary/aromatic N) is 3. The molecule has 0 aliphatic carbocycles. The topological polar surface area (TPSA) is 57.0 Å². The number of hydrogen-bond donors (Lipinski definition) is 0. The second-order valence-electron chi connectivity index (χ2n) is 4.90. The Kier molecular flexibility index (Phi) is 4.65. The van der Waals surface area contributed by atoms with E-state index in [4.69, 9.17) is 5.26 Å². The van der Waals surface area contributed by atoms with Crippen molar-refractivity contribution in [3.63, 3.8) is 0 Å². The quantitative estimate of drug-likeness (QED) is 0.872. The van der Waals surface area contributed by atoms with Crippen LogP contribution in [0.3, 0.4) is 0 Å². The second-order valence-corrected chi connectivity index (χ2v) is 4.90. The molecule has 1 amide bonds. The van der Waals surface area contributed by atoms with E-state index in [1.807, 2.05) is 6.07 Å². The molecule has 1 aromatic heterocycles. The molecule has 0 saturated heterocycles. The monoisotopic (exact) mass is 319 g/mol. The first-order valence-electron chi connectivity index (χ1n) is 6.59. The first-order chi connectivity index (χ1) is 10.8. The van der Waals surface area contributed by atoms with Gasteiger partial charge in [-0.05, 0) is 29.8 Å². The minimum Gasteiger partial charge on any atom is -0.337 e. The lowest BCUT2D eigenvalue weighted by Gasteiger charge is -2.17. The van der Waals surface area contributed by atoms with Crippen LogP contribution >= 0.6 is 0 Å². The van der Waals surface area contributed by atoms with Gasteiger partial charge in [0.25, 0.3) is 5.91 Å². The Bertz CT molecular complexity index is 731. The van der Waals surface area contributed by atoms with Crippen molar-refractivity contribution in [1.29, 1.82) is 5.26 Å².